The van der Waals surface area contributed by atoms with Gasteiger partial charge in [-0.1, -0.05) is 60.2 Å². The number of carbonyl (C=O) groups is 2. The van der Waals surface area contributed by atoms with E-state index in [4.69, 9.17) is 4.74 Å². The molecule has 5 nitrogen and oxygen atoms in total. The summed E-state index contributed by atoms with van der Waals surface area (Å²) >= 11 is 1.53. The van der Waals surface area contributed by atoms with Crippen LogP contribution in [-0.4, -0.2) is 34.8 Å². The van der Waals surface area contributed by atoms with Gasteiger partial charge < -0.3 is 9.64 Å². The predicted octanol–water partition coefficient (Wildman–Crippen LogP) is 4.25. The number of hydrogen-bond acceptors (Lipinski definition) is 5. The van der Waals surface area contributed by atoms with Crippen LogP contribution in [-0.2, 0) is 27.4 Å². The Kier molecular flexibility index (Phi) is 6.23. The second-order valence-corrected chi connectivity index (χ2v) is 8.45. The molecule has 0 N–H and O–H groups in total. The van der Waals surface area contributed by atoms with E-state index < -0.39 is 5.92 Å². The van der Waals surface area contributed by atoms with Crippen molar-refractivity contribution in [2.24, 2.45) is 5.92 Å². The molecule has 1 aromatic heterocycles. The number of carbonyl (C=O) groups excluding carboxylic acids is 2. The van der Waals surface area contributed by atoms with Crippen LogP contribution in [0, 0.1) is 12.8 Å². The van der Waals surface area contributed by atoms with E-state index in [0.29, 0.717) is 13.1 Å². The highest BCUT2D eigenvalue weighted by Crippen LogP contribution is 2.25. The van der Waals surface area contributed by atoms with Gasteiger partial charge in [0.25, 0.3) is 0 Å². The number of likely N-dealkylation sites (tertiary alicyclic amines) is 1. The highest BCUT2D eigenvalue weighted by Gasteiger charge is 2.35. The van der Waals surface area contributed by atoms with Gasteiger partial charge in [-0.25, -0.2) is 4.98 Å². The summed E-state index contributed by atoms with van der Waals surface area (Å²) in [5, 5.41) is 2.82. The average Bonchev–Trinajstić information content (AvgIpc) is 3.38. The zero-order valence-corrected chi connectivity index (χ0v) is 17.7. The smallest absolute Gasteiger partial charge is 0.311 e. The molecule has 0 unspecified atom stereocenters. The number of rotatable bonds is 7. The summed E-state index contributed by atoms with van der Waals surface area (Å²) in [6.07, 6.45) is 1.01. The molecule has 3 aromatic rings. The Morgan fingerprint density at radius 2 is 1.93 bits per heavy atom. The molecule has 2 aromatic carbocycles. The minimum atomic E-state index is -0.400. The van der Waals surface area contributed by atoms with Crippen molar-refractivity contribution in [2.45, 2.75) is 26.4 Å². The summed E-state index contributed by atoms with van der Waals surface area (Å²) < 4.78 is 5.47. The molecule has 2 heterocycles. The van der Waals surface area contributed by atoms with E-state index in [9.17, 15) is 9.59 Å². The van der Waals surface area contributed by atoms with E-state index in [1.54, 1.807) is 4.90 Å². The number of amides is 1. The molecule has 1 amide bonds. The Morgan fingerprint density at radius 1 is 1.17 bits per heavy atom. The zero-order valence-electron chi connectivity index (χ0n) is 16.9. The van der Waals surface area contributed by atoms with Gasteiger partial charge in [0, 0.05) is 30.5 Å². The van der Waals surface area contributed by atoms with Crippen LogP contribution in [0.1, 0.15) is 23.2 Å². The number of aromatic nitrogens is 1. The topological polar surface area (TPSA) is 59.5 Å². The molecule has 0 saturated carbocycles. The second kappa shape index (κ2) is 9.22. The van der Waals surface area contributed by atoms with Crippen molar-refractivity contribution in [3.05, 3.63) is 76.8 Å². The van der Waals surface area contributed by atoms with Crippen molar-refractivity contribution in [1.82, 2.24) is 9.88 Å². The third kappa shape index (κ3) is 4.94. The fourth-order valence-electron chi connectivity index (χ4n) is 3.52. The molecule has 0 bridgehead atoms. The lowest BCUT2D eigenvalue weighted by atomic mass is 10.1. The molecule has 1 saturated heterocycles. The Labute approximate surface area is 180 Å². The largest absolute Gasteiger partial charge is 0.459 e. The SMILES string of the molecule is Cc1ccc(-c2nc(COC(=O)[C@@H]3CC(=O)N(CCc4ccccc4)C3)cs2)cc1. The molecule has 0 radical (unpaired) electrons. The maximum Gasteiger partial charge on any atom is 0.311 e. The highest BCUT2D eigenvalue weighted by atomic mass is 32.1. The standard InChI is InChI=1S/C24H24N2O3S/c1-17-7-9-19(10-8-17)23-25-21(16-30-23)15-29-24(28)20-13-22(27)26(14-20)12-11-18-5-3-2-4-6-18/h2-10,16,20H,11-15H2,1H3/t20-/m1/s1. The molecule has 1 aliphatic heterocycles. The summed E-state index contributed by atoms with van der Waals surface area (Å²) in [6, 6.07) is 18.2. The van der Waals surface area contributed by atoms with Crippen LogP contribution in [0.25, 0.3) is 10.6 Å². The van der Waals surface area contributed by atoms with Gasteiger partial charge >= 0.3 is 5.97 Å². The van der Waals surface area contributed by atoms with Crippen molar-refractivity contribution in [2.75, 3.05) is 13.1 Å². The first-order valence-corrected chi connectivity index (χ1v) is 11.0. The number of benzene rings is 2. The molecule has 1 aliphatic rings. The van der Waals surface area contributed by atoms with Crippen LogP contribution >= 0.6 is 11.3 Å². The van der Waals surface area contributed by atoms with E-state index in [2.05, 4.69) is 17.1 Å². The third-order valence-corrected chi connectivity index (χ3v) is 6.21. The highest BCUT2D eigenvalue weighted by molar-refractivity contribution is 7.13. The molecule has 4 rings (SSSR count). The van der Waals surface area contributed by atoms with Gasteiger partial charge in [-0.05, 0) is 18.9 Å². The van der Waals surface area contributed by atoms with Gasteiger partial charge in [0.2, 0.25) is 5.91 Å². The quantitative estimate of drug-likeness (QED) is 0.536. The van der Waals surface area contributed by atoms with Crippen molar-refractivity contribution >= 4 is 23.2 Å². The van der Waals surface area contributed by atoms with Gasteiger partial charge in [0.15, 0.2) is 0 Å². The van der Waals surface area contributed by atoms with Crippen LogP contribution in [0.5, 0.6) is 0 Å². The molecule has 154 valence electrons. The molecule has 1 fully saturated rings. The first-order valence-electron chi connectivity index (χ1n) is 10.1. The fourth-order valence-corrected chi connectivity index (χ4v) is 4.33. The summed E-state index contributed by atoms with van der Waals surface area (Å²) in [5.41, 5.74) is 4.17. The second-order valence-electron chi connectivity index (χ2n) is 7.59. The lowest BCUT2D eigenvalue weighted by molar-refractivity contribution is -0.149. The Morgan fingerprint density at radius 3 is 2.70 bits per heavy atom. The van der Waals surface area contributed by atoms with Crippen LogP contribution in [0.3, 0.4) is 0 Å². The molecule has 1 atom stereocenters. The number of aryl methyl sites for hydroxylation is 1. The summed E-state index contributed by atoms with van der Waals surface area (Å²) in [5.74, 6) is -0.706. The van der Waals surface area contributed by atoms with Gasteiger partial charge in [-0.2, -0.15) is 0 Å². The van der Waals surface area contributed by atoms with Crippen LogP contribution in [0.4, 0.5) is 0 Å². The third-order valence-electron chi connectivity index (χ3n) is 5.27. The normalized spacial score (nSPS) is 16.1. The lowest BCUT2D eigenvalue weighted by Crippen LogP contribution is -2.28. The van der Waals surface area contributed by atoms with E-state index in [-0.39, 0.29) is 24.9 Å². The minimum absolute atomic E-state index is 0.0168. The molecular formula is C24H24N2O3S. The monoisotopic (exact) mass is 420 g/mol. The first kappa shape index (κ1) is 20.3. The summed E-state index contributed by atoms with van der Waals surface area (Å²) in [7, 11) is 0. The maximum atomic E-state index is 12.5. The summed E-state index contributed by atoms with van der Waals surface area (Å²) in [6.45, 7) is 3.23. The van der Waals surface area contributed by atoms with Crippen molar-refractivity contribution in [1.29, 1.82) is 0 Å². The van der Waals surface area contributed by atoms with Gasteiger partial charge in [0.1, 0.15) is 11.6 Å². The van der Waals surface area contributed by atoms with Crippen LogP contribution in [0.15, 0.2) is 60.0 Å². The van der Waals surface area contributed by atoms with Crippen LogP contribution in [0.2, 0.25) is 0 Å². The average molecular weight is 421 g/mol. The van der Waals surface area contributed by atoms with Gasteiger partial charge in [-0.3, -0.25) is 9.59 Å². The Balaban J connectivity index is 1.27. The van der Waals surface area contributed by atoms with Crippen molar-refractivity contribution < 1.29 is 14.3 Å². The zero-order chi connectivity index (χ0) is 20.9. The number of thiazole rings is 1. The molecular weight excluding hydrogens is 396 g/mol. The molecule has 0 spiro atoms. The Bertz CT molecular complexity index is 1010. The fraction of sp³-hybridized carbons (Fsp3) is 0.292. The van der Waals surface area contributed by atoms with E-state index in [1.165, 1.54) is 22.5 Å². The molecule has 30 heavy (non-hydrogen) atoms. The number of esters is 1. The minimum Gasteiger partial charge on any atom is -0.459 e. The van der Waals surface area contributed by atoms with Crippen molar-refractivity contribution in [3.8, 4) is 10.6 Å². The van der Waals surface area contributed by atoms with E-state index in [1.807, 2.05) is 54.8 Å². The first-order chi connectivity index (χ1) is 14.6. The Hall–Kier alpha value is -2.99. The number of ether oxygens (including phenoxy) is 1. The van der Waals surface area contributed by atoms with E-state index >= 15 is 0 Å². The maximum absolute atomic E-state index is 12.5. The van der Waals surface area contributed by atoms with E-state index in [0.717, 1.165) is 22.7 Å². The predicted molar refractivity (Wildman–Crippen MR) is 117 cm³/mol. The van der Waals surface area contributed by atoms with Gasteiger partial charge in [-0.15, -0.1) is 11.3 Å². The number of hydrogen-bond donors (Lipinski definition) is 0. The van der Waals surface area contributed by atoms with Crippen LogP contribution < -0.4 is 0 Å². The van der Waals surface area contributed by atoms with Crippen molar-refractivity contribution in [3.63, 3.8) is 0 Å². The van der Waals surface area contributed by atoms with Gasteiger partial charge in [0.05, 0.1) is 11.6 Å². The summed E-state index contributed by atoms with van der Waals surface area (Å²) in [4.78, 5) is 31.1. The number of nitrogens with zero attached hydrogens (tertiary/aromatic N) is 2. The molecule has 0 aliphatic carbocycles. The lowest BCUT2D eigenvalue weighted by Gasteiger charge is -2.16. The molecule has 6 heteroatoms.